The van der Waals surface area contributed by atoms with E-state index in [0.717, 1.165) is 16.8 Å². The van der Waals surface area contributed by atoms with Crippen LogP contribution in [0.3, 0.4) is 0 Å². The molecule has 0 radical (unpaired) electrons. The van der Waals surface area contributed by atoms with Crippen molar-refractivity contribution in [1.82, 2.24) is 9.97 Å². The van der Waals surface area contributed by atoms with Crippen molar-refractivity contribution >= 4 is 17.5 Å². The number of rotatable bonds is 5. The summed E-state index contributed by atoms with van der Waals surface area (Å²) in [4.78, 5) is 20.9. The number of nitriles is 1. The van der Waals surface area contributed by atoms with Crippen molar-refractivity contribution < 1.29 is 9.21 Å². The Balaban J connectivity index is 2.05. The molecule has 1 aromatic carbocycles. The lowest BCUT2D eigenvalue weighted by atomic mass is 10.0. The highest BCUT2D eigenvalue weighted by atomic mass is 16.4. The molecule has 0 atom stereocenters. The van der Waals surface area contributed by atoms with Crippen molar-refractivity contribution in [1.29, 1.82) is 5.26 Å². The molecule has 1 N–H and O–H groups in total. The lowest BCUT2D eigenvalue weighted by molar-refractivity contribution is 0.101. The maximum Gasteiger partial charge on any atom is 0.217 e. The molecule has 2 heterocycles. The minimum Gasteiger partial charge on any atom is -0.443 e. The second kappa shape index (κ2) is 7.65. The molecule has 6 nitrogen and oxygen atoms in total. The zero-order valence-corrected chi connectivity index (χ0v) is 16.7. The van der Waals surface area contributed by atoms with Crippen LogP contribution >= 0.6 is 0 Å². The first-order valence-electron chi connectivity index (χ1n) is 9.01. The average molecular weight is 374 g/mol. The zero-order valence-electron chi connectivity index (χ0n) is 16.7. The van der Waals surface area contributed by atoms with E-state index in [4.69, 9.17) is 4.42 Å². The summed E-state index contributed by atoms with van der Waals surface area (Å²) in [7, 11) is 0. The molecule has 142 valence electrons. The number of carbonyl (C=O) groups excluding carboxylic acids is 1. The Hall–Kier alpha value is -3.46. The van der Waals surface area contributed by atoms with Crippen molar-refractivity contribution in [2.75, 3.05) is 5.32 Å². The number of carbonyl (C=O) groups is 1. The second-order valence-corrected chi connectivity index (χ2v) is 6.88. The number of hydrogen-bond acceptors (Lipinski definition) is 6. The van der Waals surface area contributed by atoms with Crippen LogP contribution in [-0.2, 0) is 6.42 Å². The van der Waals surface area contributed by atoms with Crippen molar-refractivity contribution in [2.45, 2.75) is 41.0 Å². The fourth-order valence-electron chi connectivity index (χ4n) is 3.23. The summed E-state index contributed by atoms with van der Waals surface area (Å²) in [6.07, 6.45) is 0.635. The predicted octanol–water partition coefficient (Wildman–Crippen LogP) is 4.71. The first-order valence-corrected chi connectivity index (χ1v) is 9.01. The Morgan fingerprint density at radius 3 is 2.43 bits per heavy atom. The average Bonchev–Trinajstić information content (AvgIpc) is 2.94. The quantitative estimate of drug-likeness (QED) is 0.650. The molecule has 0 spiro atoms. The number of benzene rings is 1. The Kier molecular flexibility index (Phi) is 5.27. The van der Waals surface area contributed by atoms with Gasteiger partial charge in [-0.1, -0.05) is 29.8 Å². The van der Waals surface area contributed by atoms with Gasteiger partial charge in [0.15, 0.2) is 5.78 Å². The molecule has 0 aliphatic carbocycles. The van der Waals surface area contributed by atoms with Gasteiger partial charge in [0.1, 0.15) is 29.0 Å². The van der Waals surface area contributed by atoms with Crippen molar-refractivity contribution in [3.05, 3.63) is 69.4 Å². The summed E-state index contributed by atoms with van der Waals surface area (Å²) in [6, 6.07) is 10.3. The zero-order chi connectivity index (χ0) is 20.4. The Labute approximate surface area is 164 Å². The molecule has 0 saturated carbocycles. The molecule has 2 aromatic heterocycles. The van der Waals surface area contributed by atoms with E-state index in [0.29, 0.717) is 29.4 Å². The maximum atomic E-state index is 11.9. The standard InChI is InChI=1S/C22H22N4O2/c1-12-6-8-17(9-7-12)10-18-13(2)24-16(5)25-21(18)26-22-19(11-23)20(14(3)27)15(4)28-22/h6-9H,10H2,1-5H3,(H,24,25,26). The van der Waals surface area contributed by atoms with Crippen LogP contribution in [0.25, 0.3) is 0 Å². The number of aromatic nitrogens is 2. The lowest BCUT2D eigenvalue weighted by Gasteiger charge is -2.13. The molecule has 0 aliphatic heterocycles. The van der Waals surface area contributed by atoms with E-state index in [2.05, 4.69) is 45.6 Å². The predicted molar refractivity (Wildman–Crippen MR) is 107 cm³/mol. The first kappa shape index (κ1) is 19.3. The van der Waals surface area contributed by atoms with Gasteiger partial charge in [-0.15, -0.1) is 0 Å². The fraction of sp³-hybridized carbons (Fsp3) is 0.273. The lowest BCUT2D eigenvalue weighted by Crippen LogP contribution is -2.07. The molecule has 0 fully saturated rings. The number of nitrogens with one attached hydrogen (secondary N) is 1. The maximum absolute atomic E-state index is 11.9. The summed E-state index contributed by atoms with van der Waals surface area (Å²) < 4.78 is 5.69. The minimum atomic E-state index is -0.208. The van der Waals surface area contributed by atoms with E-state index in [1.807, 2.05) is 20.8 Å². The molecular weight excluding hydrogens is 352 g/mol. The van der Waals surface area contributed by atoms with Crippen LogP contribution in [0.15, 0.2) is 28.7 Å². The molecule has 3 aromatic rings. The number of furan rings is 1. The van der Waals surface area contributed by atoms with Gasteiger partial charge in [0.05, 0.1) is 5.56 Å². The number of Topliss-reactive ketones (excluding diaryl/α,β-unsaturated/α-hetero) is 1. The van der Waals surface area contributed by atoms with Gasteiger partial charge < -0.3 is 9.73 Å². The van der Waals surface area contributed by atoms with E-state index in [-0.39, 0.29) is 17.2 Å². The number of hydrogen-bond donors (Lipinski definition) is 1. The van der Waals surface area contributed by atoms with Gasteiger partial charge >= 0.3 is 0 Å². The molecular formula is C22H22N4O2. The van der Waals surface area contributed by atoms with Crippen LogP contribution in [0, 0.1) is 39.0 Å². The number of nitrogens with zero attached hydrogens (tertiary/aromatic N) is 3. The Morgan fingerprint density at radius 1 is 1.14 bits per heavy atom. The van der Waals surface area contributed by atoms with Gasteiger partial charge in [-0.25, -0.2) is 9.97 Å². The van der Waals surface area contributed by atoms with E-state index < -0.39 is 0 Å². The third kappa shape index (κ3) is 3.79. The highest BCUT2D eigenvalue weighted by Crippen LogP contribution is 2.31. The number of aryl methyl sites for hydroxylation is 4. The van der Waals surface area contributed by atoms with Crippen LogP contribution in [0.2, 0.25) is 0 Å². The Morgan fingerprint density at radius 2 is 1.82 bits per heavy atom. The summed E-state index contributed by atoms with van der Waals surface area (Å²) in [5, 5.41) is 12.7. The molecule has 6 heteroatoms. The van der Waals surface area contributed by atoms with Crippen LogP contribution in [-0.4, -0.2) is 15.8 Å². The van der Waals surface area contributed by atoms with Crippen molar-refractivity contribution in [3.63, 3.8) is 0 Å². The molecule has 0 bridgehead atoms. The largest absolute Gasteiger partial charge is 0.443 e. The van der Waals surface area contributed by atoms with E-state index in [9.17, 15) is 10.1 Å². The van der Waals surface area contributed by atoms with E-state index in [1.165, 1.54) is 12.5 Å². The highest BCUT2D eigenvalue weighted by molar-refractivity contribution is 5.99. The van der Waals surface area contributed by atoms with Gasteiger partial charge in [0.25, 0.3) is 0 Å². The van der Waals surface area contributed by atoms with E-state index >= 15 is 0 Å². The number of anilines is 2. The van der Waals surface area contributed by atoms with E-state index in [1.54, 1.807) is 6.92 Å². The molecule has 0 aliphatic rings. The van der Waals surface area contributed by atoms with Crippen molar-refractivity contribution in [3.8, 4) is 6.07 Å². The third-order valence-electron chi connectivity index (χ3n) is 4.61. The van der Waals surface area contributed by atoms with Crippen molar-refractivity contribution in [2.24, 2.45) is 0 Å². The highest BCUT2D eigenvalue weighted by Gasteiger charge is 2.23. The minimum absolute atomic E-state index is 0.195. The van der Waals surface area contributed by atoms with Gasteiger partial charge in [0.2, 0.25) is 5.88 Å². The van der Waals surface area contributed by atoms with Crippen LogP contribution in [0.1, 0.15) is 56.8 Å². The monoisotopic (exact) mass is 374 g/mol. The molecule has 0 unspecified atom stereocenters. The molecule has 0 amide bonds. The summed E-state index contributed by atoms with van der Waals surface area (Å²) >= 11 is 0. The Bertz CT molecular complexity index is 1090. The molecule has 28 heavy (non-hydrogen) atoms. The summed E-state index contributed by atoms with van der Waals surface area (Å²) in [5.74, 6) is 1.62. The van der Waals surface area contributed by atoms with Gasteiger partial charge in [-0.3, -0.25) is 4.79 Å². The molecule has 3 rings (SSSR count). The van der Waals surface area contributed by atoms with Gasteiger partial charge in [0, 0.05) is 17.7 Å². The molecule has 0 saturated heterocycles. The smallest absolute Gasteiger partial charge is 0.217 e. The summed E-state index contributed by atoms with van der Waals surface area (Å²) in [5.41, 5.74) is 4.58. The van der Waals surface area contributed by atoms with Gasteiger partial charge in [-0.05, 0) is 40.2 Å². The SMILES string of the molecule is CC(=O)c1c(C)oc(Nc2nc(C)nc(C)c2Cc2ccc(C)cc2)c1C#N. The van der Waals surface area contributed by atoms with Gasteiger partial charge in [-0.2, -0.15) is 5.26 Å². The third-order valence-corrected chi connectivity index (χ3v) is 4.61. The number of ketones is 1. The van der Waals surface area contributed by atoms with Crippen LogP contribution in [0.4, 0.5) is 11.7 Å². The first-order chi connectivity index (χ1) is 13.3. The normalized spacial score (nSPS) is 10.6. The summed E-state index contributed by atoms with van der Waals surface area (Å²) in [6.45, 7) is 8.89. The topological polar surface area (TPSA) is 91.8 Å². The van der Waals surface area contributed by atoms with Crippen LogP contribution in [0.5, 0.6) is 0 Å². The van der Waals surface area contributed by atoms with Crippen LogP contribution < -0.4 is 5.32 Å². The second-order valence-electron chi connectivity index (χ2n) is 6.88. The fourth-order valence-corrected chi connectivity index (χ4v) is 3.23.